The molecule has 0 unspecified atom stereocenters. The fourth-order valence-electron chi connectivity index (χ4n) is 1.62. The van der Waals surface area contributed by atoms with E-state index in [0.29, 0.717) is 0 Å². The molecule has 0 aliphatic heterocycles. The Morgan fingerprint density at radius 3 is 2.88 bits per heavy atom. The normalized spacial score (nSPS) is 12.9. The van der Waals surface area contributed by atoms with Crippen LogP contribution in [0.15, 0.2) is 29.5 Å². The Morgan fingerprint density at radius 2 is 2.24 bits per heavy atom. The lowest BCUT2D eigenvalue weighted by atomic mass is 10.1. The van der Waals surface area contributed by atoms with Crippen molar-refractivity contribution in [3.8, 4) is 0 Å². The summed E-state index contributed by atoms with van der Waals surface area (Å²) in [5.74, 6) is 0.276. The minimum Gasteiger partial charge on any atom is -0.508 e. The minimum atomic E-state index is 0.276. The zero-order chi connectivity index (χ0) is 12.7. The van der Waals surface area contributed by atoms with E-state index in [1.165, 1.54) is 0 Å². The summed E-state index contributed by atoms with van der Waals surface area (Å²) in [7, 11) is 0. The third-order valence-electron chi connectivity index (χ3n) is 2.40. The van der Waals surface area contributed by atoms with E-state index in [1.54, 1.807) is 24.5 Å². The van der Waals surface area contributed by atoms with E-state index < -0.39 is 0 Å². The van der Waals surface area contributed by atoms with Gasteiger partial charge in [-0.25, -0.2) is 0 Å². The van der Waals surface area contributed by atoms with Gasteiger partial charge in [-0.3, -0.25) is 9.98 Å². The van der Waals surface area contributed by atoms with Gasteiger partial charge in [0, 0.05) is 17.5 Å². The number of hydrogen-bond acceptors (Lipinski definition) is 3. The average Bonchev–Trinajstić information content (AvgIpc) is 2.30. The third kappa shape index (κ3) is 4.02. The summed E-state index contributed by atoms with van der Waals surface area (Å²) in [6, 6.07) is 1.79. The molecule has 1 N–H and O–H groups in total. The quantitative estimate of drug-likeness (QED) is 0.608. The lowest BCUT2D eigenvalue weighted by Gasteiger charge is -2.05. The average molecular weight is 232 g/mol. The molecule has 0 fully saturated rings. The van der Waals surface area contributed by atoms with Crippen molar-refractivity contribution in [3.05, 3.63) is 30.1 Å². The standard InChI is InChI=1S/C14H20N2O/c1-4-6-11(3)16-13-10-15-9-8-12(13)14(17)7-5-2/h7-10,17H,4-6H2,1-3H3/b14-7+,16-11+. The topological polar surface area (TPSA) is 45.5 Å². The molecule has 0 radical (unpaired) electrons. The van der Waals surface area contributed by atoms with Gasteiger partial charge in [-0.2, -0.15) is 0 Å². The van der Waals surface area contributed by atoms with E-state index >= 15 is 0 Å². The van der Waals surface area contributed by atoms with E-state index in [0.717, 1.165) is 36.2 Å². The second kappa shape index (κ2) is 6.84. The zero-order valence-electron chi connectivity index (χ0n) is 10.8. The molecule has 17 heavy (non-hydrogen) atoms. The smallest absolute Gasteiger partial charge is 0.121 e. The molecule has 1 heterocycles. The molecule has 3 heteroatoms. The van der Waals surface area contributed by atoms with Crippen LogP contribution < -0.4 is 0 Å². The Balaban J connectivity index is 3.08. The van der Waals surface area contributed by atoms with Crippen LogP contribution in [0.1, 0.15) is 45.6 Å². The van der Waals surface area contributed by atoms with E-state index in [4.69, 9.17) is 0 Å². The summed E-state index contributed by atoms with van der Waals surface area (Å²) < 4.78 is 0. The number of aromatic nitrogens is 1. The first-order chi connectivity index (χ1) is 8.19. The maximum absolute atomic E-state index is 9.91. The van der Waals surface area contributed by atoms with Crippen molar-refractivity contribution in [2.24, 2.45) is 4.99 Å². The van der Waals surface area contributed by atoms with Gasteiger partial charge in [0.2, 0.25) is 0 Å². The van der Waals surface area contributed by atoms with Crippen LogP contribution in [0.25, 0.3) is 5.76 Å². The van der Waals surface area contributed by atoms with Crippen LogP contribution in [0.4, 0.5) is 5.69 Å². The molecule has 1 rings (SSSR count). The fourth-order valence-corrected chi connectivity index (χ4v) is 1.62. The first-order valence-corrected chi connectivity index (χ1v) is 6.06. The number of aliphatic imine (C=N–C) groups is 1. The van der Waals surface area contributed by atoms with Crippen molar-refractivity contribution in [1.29, 1.82) is 0 Å². The van der Waals surface area contributed by atoms with Gasteiger partial charge in [0.05, 0.1) is 11.9 Å². The summed E-state index contributed by atoms with van der Waals surface area (Å²) in [6.45, 7) is 6.11. The molecule has 0 amide bonds. The Labute approximate surface area is 103 Å². The second-order valence-electron chi connectivity index (χ2n) is 3.99. The predicted molar refractivity (Wildman–Crippen MR) is 72.8 cm³/mol. The van der Waals surface area contributed by atoms with Crippen molar-refractivity contribution in [3.63, 3.8) is 0 Å². The SMILES string of the molecule is CC/C=C(/O)c1ccncc1/N=C(\C)CCC. The molecule has 0 atom stereocenters. The van der Waals surface area contributed by atoms with E-state index in [1.807, 2.05) is 13.8 Å². The number of aliphatic hydroxyl groups is 1. The molecule has 3 nitrogen and oxygen atoms in total. The van der Waals surface area contributed by atoms with Gasteiger partial charge in [0.1, 0.15) is 5.76 Å². The largest absolute Gasteiger partial charge is 0.508 e. The lowest BCUT2D eigenvalue weighted by Crippen LogP contribution is -1.91. The lowest BCUT2D eigenvalue weighted by molar-refractivity contribution is 0.510. The van der Waals surface area contributed by atoms with E-state index in [9.17, 15) is 5.11 Å². The predicted octanol–water partition coefficient (Wildman–Crippen LogP) is 4.28. The number of pyridine rings is 1. The molecule has 0 aliphatic carbocycles. The Bertz CT molecular complexity index is 422. The number of aliphatic hydroxyl groups excluding tert-OH is 1. The monoisotopic (exact) mass is 232 g/mol. The number of hydrogen-bond donors (Lipinski definition) is 1. The summed E-state index contributed by atoms with van der Waals surface area (Å²) in [6.07, 6.45) is 7.97. The van der Waals surface area contributed by atoms with Crippen molar-refractivity contribution >= 4 is 17.2 Å². The molecule has 0 bridgehead atoms. The highest BCUT2D eigenvalue weighted by Gasteiger charge is 2.05. The Hall–Kier alpha value is -1.64. The molecule has 0 saturated carbocycles. The summed E-state index contributed by atoms with van der Waals surface area (Å²) in [4.78, 5) is 8.56. The van der Waals surface area contributed by atoms with Crippen LogP contribution in [0, 0.1) is 0 Å². The summed E-state index contributed by atoms with van der Waals surface area (Å²) in [5.41, 5.74) is 2.55. The van der Waals surface area contributed by atoms with Crippen molar-refractivity contribution in [2.45, 2.75) is 40.0 Å². The first-order valence-electron chi connectivity index (χ1n) is 6.06. The van der Waals surface area contributed by atoms with Crippen LogP contribution in [0.5, 0.6) is 0 Å². The number of rotatable bonds is 5. The van der Waals surface area contributed by atoms with Gasteiger partial charge in [-0.1, -0.05) is 20.3 Å². The zero-order valence-corrected chi connectivity index (χ0v) is 10.8. The highest BCUT2D eigenvalue weighted by molar-refractivity contribution is 5.86. The van der Waals surface area contributed by atoms with Crippen molar-refractivity contribution in [2.75, 3.05) is 0 Å². The highest BCUT2D eigenvalue weighted by atomic mass is 16.3. The van der Waals surface area contributed by atoms with Crippen LogP contribution in [0.3, 0.4) is 0 Å². The minimum absolute atomic E-state index is 0.276. The van der Waals surface area contributed by atoms with Gasteiger partial charge in [-0.15, -0.1) is 0 Å². The van der Waals surface area contributed by atoms with Crippen LogP contribution in [-0.2, 0) is 0 Å². The number of allylic oxidation sites excluding steroid dienone is 1. The molecule has 92 valence electrons. The number of nitrogens with zero attached hydrogens (tertiary/aromatic N) is 2. The Kier molecular flexibility index (Phi) is 5.40. The third-order valence-corrected chi connectivity index (χ3v) is 2.40. The van der Waals surface area contributed by atoms with Gasteiger partial charge in [0.25, 0.3) is 0 Å². The van der Waals surface area contributed by atoms with Crippen molar-refractivity contribution in [1.82, 2.24) is 4.98 Å². The molecule has 0 saturated heterocycles. The van der Waals surface area contributed by atoms with Crippen molar-refractivity contribution < 1.29 is 5.11 Å². The van der Waals surface area contributed by atoms with Crippen LogP contribution in [0.2, 0.25) is 0 Å². The second-order valence-corrected chi connectivity index (χ2v) is 3.99. The molecule has 0 aliphatic rings. The maximum atomic E-state index is 9.91. The molecular formula is C14H20N2O. The molecule has 0 aromatic carbocycles. The molecule has 1 aromatic rings. The summed E-state index contributed by atoms with van der Waals surface area (Å²) >= 11 is 0. The Morgan fingerprint density at radius 1 is 1.47 bits per heavy atom. The van der Waals surface area contributed by atoms with Gasteiger partial charge in [0.15, 0.2) is 0 Å². The van der Waals surface area contributed by atoms with Gasteiger partial charge < -0.3 is 5.11 Å². The summed E-state index contributed by atoms with van der Waals surface area (Å²) in [5, 5.41) is 9.91. The molecular weight excluding hydrogens is 212 g/mol. The van der Waals surface area contributed by atoms with E-state index in [2.05, 4.69) is 16.9 Å². The van der Waals surface area contributed by atoms with E-state index in [-0.39, 0.29) is 5.76 Å². The highest BCUT2D eigenvalue weighted by Crippen LogP contribution is 2.24. The molecule has 1 aromatic heterocycles. The van der Waals surface area contributed by atoms with Gasteiger partial charge >= 0.3 is 0 Å². The maximum Gasteiger partial charge on any atom is 0.121 e. The molecule has 0 spiro atoms. The van der Waals surface area contributed by atoms with Gasteiger partial charge in [-0.05, 0) is 31.9 Å². The van der Waals surface area contributed by atoms with Crippen LogP contribution in [-0.4, -0.2) is 15.8 Å². The first kappa shape index (κ1) is 13.4. The fraction of sp³-hybridized carbons (Fsp3) is 0.429. The van der Waals surface area contributed by atoms with Crippen LogP contribution >= 0.6 is 0 Å².